The molecule has 1 fully saturated rings. The molecule has 0 spiro atoms. The Morgan fingerprint density at radius 1 is 1.19 bits per heavy atom. The molecule has 1 aliphatic rings. The second-order valence-electron chi connectivity index (χ2n) is 5.95. The van der Waals surface area contributed by atoms with Gasteiger partial charge in [0.25, 0.3) is 0 Å². The van der Waals surface area contributed by atoms with Crippen LogP contribution in [0.1, 0.15) is 39.5 Å². The highest BCUT2D eigenvalue weighted by Crippen LogP contribution is 2.23. The first-order chi connectivity index (χ1) is 9.82. The van der Waals surface area contributed by atoms with E-state index in [1.807, 2.05) is 13.8 Å². The molecule has 1 aliphatic carbocycles. The molecule has 3 atom stereocenters. The number of rotatable bonds is 6. The average molecular weight is 298 g/mol. The Morgan fingerprint density at radius 3 is 2.38 bits per heavy atom. The van der Waals surface area contributed by atoms with Crippen LogP contribution in [0.4, 0.5) is 0 Å². The highest BCUT2D eigenvalue weighted by atomic mass is 16.2. The summed E-state index contributed by atoms with van der Waals surface area (Å²) in [6.45, 7) is 3.54. The first kappa shape index (κ1) is 17.4. The number of hydrogen-bond donors (Lipinski definition) is 4. The standard InChI is InChI=1S/C14H26N4O3/c1-8(2)12(15)14(21)17-7-11(19)18-10-6-4-3-5-9(10)13(16)20/h8-10,12H,3-7,15H2,1-2H3,(H2,16,20)(H,17,21)(H,18,19)/t9?,10?,12-/m0/s1. The van der Waals surface area contributed by atoms with Gasteiger partial charge in [-0.25, -0.2) is 0 Å². The first-order valence-electron chi connectivity index (χ1n) is 7.45. The van der Waals surface area contributed by atoms with Gasteiger partial charge in [0.05, 0.1) is 18.5 Å². The molecule has 0 aromatic heterocycles. The Bertz CT molecular complexity index is 398. The van der Waals surface area contributed by atoms with Gasteiger partial charge in [0.2, 0.25) is 17.7 Å². The molecule has 0 radical (unpaired) electrons. The van der Waals surface area contributed by atoms with Crippen molar-refractivity contribution < 1.29 is 14.4 Å². The molecule has 7 nitrogen and oxygen atoms in total. The van der Waals surface area contributed by atoms with Gasteiger partial charge in [-0.3, -0.25) is 14.4 Å². The van der Waals surface area contributed by atoms with E-state index in [1.54, 1.807) is 0 Å². The number of nitrogens with one attached hydrogen (secondary N) is 2. The summed E-state index contributed by atoms with van der Waals surface area (Å²) in [7, 11) is 0. The van der Waals surface area contributed by atoms with Gasteiger partial charge < -0.3 is 22.1 Å². The number of carbonyl (C=O) groups is 3. The Morgan fingerprint density at radius 2 is 1.81 bits per heavy atom. The average Bonchev–Trinajstić information content (AvgIpc) is 2.44. The van der Waals surface area contributed by atoms with Crippen LogP contribution in [0.25, 0.3) is 0 Å². The summed E-state index contributed by atoms with van der Waals surface area (Å²) in [5.41, 5.74) is 11.0. The number of nitrogens with two attached hydrogens (primary N) is 2. The van der Waals surface area contributed by atoms with Crippen LogP contribution >= 0.6 is 0 Å². The Hall–Kier alpha value is -1.63. The minimum absolute atomic E-state index is 0.00523. The second-order valence-corrected chi connectivity index (χ2v) is 5.95. The molecule has 21 heavy (non-hydrogen) atoms. The highest BCUT2D eigenvalue weighted by Gasteiger charge is 2.30. The van der Waals surface area contributed by atoms with Crippen molar-refractivity contribution in [1.82, 2.24) is 10.6 Å². The summed E-state index contributed by atoms with van der Waals surface area (Å²) >= 11 is 0. The second kappa shape index (κ2) is 7.97. The van der Waals surface area contributed by atoms with E-state index in [4.69, 9.17) is 11.5 Å². The number of hydrogen-bond acceptors (Lipinski definition) is 4. The van der Waals surface area contributed by atoms with Crippen molar-refractivity contribution in [2.24, 2.45) is 23.3 Å². The fourth-order valence-corrected chi connectivity index (χ4v) is 2.49. The van der Waals surface area contributed by atoms with Gasteiger partial charge >= 0.3 is 0 Å². The lowest BCUT2D eigenvalue weighted by atomic mass is 9.84. The largest absolute Gasteiger partial charge is 0.369 e. The van der Waals surface area contributed by atoms with Crippen LogP contribution < -0.4 is 22.1 Å². The lowest BCUT2D eigenvalue weighted by molar-refractivity contribution is -0.129. The number of carbonyl (C=O) groups excluding carboxylic acids is 3. The zero-order valence-electron chi connectivity index (χ0n) is 12.7. The predicted molar refractivity (Wildman–Crippen MR) is 78.9 cm³/mol. The molecule has 0 saturated heterocycles. The summed E-state index contributed by atoms with van der Waals surface area (Å²) in [4.78, 5) is 34.9. The smallest absolute Gasteiger partial charge is 0.239 e. The van der Waals surface area contributed by atoms with Gasteiger partial charge in [0, 0.05) is 6.04 Å². The van der Waals surface area contributed by atoms with Gasteiger partial charge in [-0.2, -0.15) is 0 Å². The van der Waals surface area contributed by atoms with Crippen molar-refractivity contribution in [1.29, 1.82) is 0 Å². The molecule has 120 valence electrons. The van der Waals surface area contributed by atoms with E-state index >= 15 is 0 Å². The third-order valence-corrected chi connectivity index (χ3v) is 3.92. The first-order valence-corrected chi connectivity index (χ1v) is 7.45. The molecular weight excluding hydrogens is 272 g/mol. The number of primary amides is 1. The molecule has 7 heteroatoms. The minimum Gasteiger partial charge on any atom is -0.369 e. The molecule has 0 aromatic rings. The lowest BCUT2D eigenvalue weighted by Crippen LogP contribution is -2.51. The molecular formula is C14H26N4O3. The van der Waals surface area contributed by atoms with Crippen LogP contribution in [0.15, 0.2) is 0 Å². The molecule has 2 unspecified atom stereocenters. The van der Waals surface area contributed by atoms with E-state index in [0.717, 1.165) is 19.3 Å². The van der Waals surface area contributed by atoms with Gasteiger partial charge in [-0.15, -0.1) is 0 Å². The Balaban J connectivity index is 2.42. The third-order valence-electron chi connectivity index (χ3n) is 3.92. The fraction of sp³-hybridized carbons (Fsp3) is 0.786. The Labute approximate surface area is 125 Å². The SMILES string of the molecule is CC(C)[C@H](N)C(=O)NCC(=O)NC1CCCCC1C(N)=O. The Kier molecular flexibility index (Phi) is 6.61. The maximum atomic E-state index is 11.9. The van der Waals surface area contributed by atoms with Gasteiger partial charge in [0.15, 0.2) is 0 Å². The molecule has 0 bridgehead atoms. The van der Waals surface area contributed by atoms with Gasteiger partial charge in [0.1, 0.15) is 0 Å². The van der Waals surface area contributed by atoms with E-state index in [2.05, 4.69) is 10.6 Å². The van der Waals surface area contributed by atoms with Crippen molar-refractivity contribution in [2.75, 3.05) is 6.54 Å². The van der Waals surface area contributed by atoms with Crippen LogP contribution in [-0.2, 0) is 14.4 Å². The normalized spacial score (nSPS) is 23.4. The zero-order chi connectivity index (χ0) is 16.0. The summed E-state index contributed by atoms with van der Waals surface area (Å²) in [6, 6.07) is -0.870. The molecule has 1 saturated carbocycles. The van der Waals surface area contributed by atoms with Crippen LogP contribution in [0, 0.1) is 11.8 Å². The summed E-state index contributed by atoms with van der Waals surface area (Å²) < 4.78 is 0. The third kappa shape index (κ3) is 5.34. The fourth-order valence-electron chi connectivity index (χ4n) is 2.49. The van der Waals surface area contributed by atoms with Crippen LogP contribution in [0.3, 0.4) is 0 Å². The van der Waals surface area contributed by atoms with Crippen LogP contribution in [0.5, 0.6) is 0 Å². The predicted octanol–water partition coefficient (Wildman–Crippen LogP) is -0.754. The highest BCUT2D eigenvalue weighted by molar-refractivity contribution is 5.88. The van der Waals surface area contributed by atoms with Crippen molar-refractivity contribution >= 4 is 17.7 Å². The summed E-state index contributed by atoms with van der Waals surface area (Å²) in [5.74, 6) is -1.37. The zero-order valence-corrected chi connectivity index (χ0v) is 12.7. The van der Waals surface area contributed by atoms with Crippen molar-refractivity contribution in [2.45, 2.75) is 51.6 Å². The maximum absolute atomic E-state index is 11.9. The monoisotopic (exact) mass is 298 g/mol. The summed E-state index contributed by atoms with van der Waals surface area (Å²) in [6.07, 6.45) is 3.34. The van der Waals surface area contributed by atoms with E-state index in [1.165, 1.54) is 0 Å². The molecule has 1 rings (SSSR count). The quantitative estimate of drug-likeness (QED) is 0.514. The minimum atomic E-state index is -0.633. The molecule has 3 amide bonds. The van der Waals surface area contributed by atoms with Crippen molar-refractivity contribution in [3.05, 3.63) is 0 Å². The molecule has 0 aliphatic heterocycles. The van der Waals surface area contributed by atoms with Gasteiger partial charge in [-0.05, 0) is 18.8 Å². The van der Waals surface area contributed by atoms with Gasteiger partial charge in [-0.1, -0.05) is 26.7 Å². The lowest BCUT2D eigenvalue weighted by Gasteiger charge is -2.30. The molecule has 0 heterocycles. The number of amides is 3. The van der Waals surface area contributed by atoms with Crippen LogP contribution in [0.2, 0.25) is 0 Å². The van der Waals surface area contributed by atoms with Crippen molar-refractivity contribution in [3.8, 4) is 0 Å². The molecule has 6 N–H and O–H groups in total. The summed E-state index contributed by atoms with van der Waals surface area (Å²) in [5, 5.41) is 5.28. The molecule has 0 aromatic carbocycles. The van der Waals surface area contributed by atoms with E-state index in [-0.39, 0.29) is 42.1 Å². The van der Waals surface area contributed by atoms with E-state index in [0.29, 0.717) is 6.42 Å². The van der Waals surface area contributed by atoms with E-state index in [9.17, 15) is 14.4 Å². The van der Waals surface area contributed by atoms with Crippen molar-refractivity contribution in [3.63, 3.8) is 0 Å². The maximum Gasteiger partial charge on any atom is 0.239 e. The van der Waals surface area contributed by atoms with Crippen LogP contribution in [-0.4, -0.2) is 36.3 Å². The van der Waals surface area contributed by atoms with E-state index < -0.39 is 6.04 Å². The topological polar surface area (TPSA) is 127 Å².